The van der Waals surface area contributed by atoms with Gasteiger partial charge in [0.1, 0.15) is 4.60 Å². The lowest BCUT2D eigenvalue weighted by atomic mass is 10.2. The largest absolute Gasteiger partial charge is 0.367 e. The van der Waals surface area contributed by atoms with Gasteiger partial charge >= 0.3 is 0 Å². The van der Waals surface area contributed by atoms with Crippen LogP contribution in [0.1, 0.15) is 5.69 Å². The molecule has 0 radical (unpaired) electrons. The van der Waals surface area contributed by atoms with Gasteiger partial charge in [-0.05, 0) is 28.1 Å². The molecule has 4 aromatic rings. The van der Waals surface area contributed by atoms with Gasteiger partial charge in [-0.1, -0.05) is 30.3 Å². The summed E-state index contributed by atoms with van der Waals surface area (Å²) >= 11 is 3.44. The molecule has 8 heteroatoms. The second kappa shape index (κ2) is 6.72. The van der Waals surface area contributed by atoms with Crippen molar-refractivity contribution in [1.82, 2.24) is 24.6 Å². The molecule has 0 unspecified atom stereocenters. The number of halogens is 1. The first kappa shape index (κ1) is 16.5. The number of benzene rings is 1. The quantitative estimate of drug-likeness (QED) is 0.523. The van der Waals surface area contributed by atoms with Crippen LogP contribution in [0.2, 0.25) is 0 Å². The standard InChI is InChI=1S/C18H15BrN6O/c1-24(14-8-5-9-20-16(14)19)11-13-10-15(26)25-18(21-13)22-17(23-25)12-6-3-2-4-7-12/h2-10H,11H2,1H3,(H,21,22,23). The molecule has 0 aliphatic heterocycles. The number of aromatic nitrogens is 5. The smallest absolute Gasteiger partial charge is 0.274 e. The Morgan fingerprint density at radius 2 is 1.96 bits per heavy atom. The molecule has 0 bridgehead atoms. The van der Waals surface area contributed by atoms with E-state index < -0.39 is 0 Å². The van der Waals surface area contributed by atoms with Crippen molar-refractivity contribution in [2.45, 2.75) is 6.54 Å². The molecule has 0 aliphatic rings. The highest BCUT2D eigenvalue weighted by molar-refractivity contribution is 9.10. The van der Waals surface area contributed by atoms with E-state index in [4.69, 9.17) is 0 Å². The maximum Gasteiger partial charge on any atom is 0.274 e. The SMILES string of the molecule is CN(Cc1cc(=O)n2[nH]c(-c3ccccc3)nc2n1)c1cccnc1Br. The van der Waals surface area contributed by atoms with Crippen LogP contribution < -0.4 is 10.5 Å². The third-order valence-corrected chi connectivity index (χ3v) is 4.59. The van der Waals surface area contributed by atoms with Gasteiger partial charge in [0.15, 0.2) is 5.82 Å². The maximum atomic E-state index is 12.4. The number of H-pyrrole nitrogens is 1. The molecule has 4 rings (SSSR count). The van der Waals surface area contributed by atoms with Gasteiger partial charge in [0.05, 0.1) is 17.9 Å². The Labute approximate surface area is 157 Å². The fourth-order valence-corrected chi connectivity index (χ4v) is 3.28. The second-order valence-corrected chi connectivity index (χ2v) is 6.58. The Bertz CT molecular complexity index is 1120. The summed E-state index contributed by atoms with van der Waals surface area (Å²) in [7, 11) is 1.92. The number of nitrogens with one attached hydrogen (secondary N) is 1. The lowest BCUT2D eigenvalue weighted by Crippen LogP contribution is -2.22. The Morgan fingerprint density at radius 3 is 2.73 bits per heavy atom. The highest BCUT2D eigenvalue weighted by Crippen LogP contribution is 2.23. The molecule has 0 aliphatic carbocycles. The van der Waals surface area contributed by atoms with E-state index in [-0.39, 0.29) is 5.56 Å². The molecular weight excluding hydrogens is 396 g/mol. The molecule has 1 N–H and O–H groups in total. The van der Waals surface area contributed by atoms with E-state index >= 15 is 0 Å². The summed E-state index contributed by atoms with van der Waals surface area (Å²) in [5.41, 5.74) is 2.26. The molecule has 0 spiro atoms. The average molecular weight is 411 g/mol. The second-order valence-electron chi connectivity index (χ2n) is 5.83. The van der Waals surface area contributed by atoms with Crippen molar-refractivity contribution in [3.63, 3.8) is 0 Å². The topological polar surface area (TPSA) is 79.2 Å². The Kier molecular flexibility index (Phi) is 4.26. The van der Waals surface area contributed by atoms with Crippen LogP contribution in [0.4, 0.5) is 5.69 Å². The molecule has 0 atom stereocenters. The Morgan fingerprint density at radius 1 is 1.15 bits per heavy atom. The van der Waals surface area contributed by atoms with Crippen molar-refractivity contribution < 1.29 is 0 Å². The van der Waals surface area contributed by atoms with E-state index in [2.05, 4.69) is 36.0 Å². The van der Waals surface area contributed by atoms with Crippen molar-refractivity contribution in [3.05, 3.63) is 75.4 Å². The van der Waals surface area contributed by atoms with Crippen LogP contribution in [0.15, 0.2) is 64.1 Å². The van der Waals surface area contributed by atoms with E-state index in [9.17, 15) is 4.79 Å². The lowest BCUT2D eigenvalue weighted by Gasteiger charge is -2.19. The molecule has 0 fully saturated rings. The first-order valence-corrected chi connectivity index (χ1v) is 8.77. The van der Waals surface area contributed by atoms with Crippen LogP contribution in [0.25, 0.3) is 17.2 Å². The molecule has 3 aromatic heterocycles. The third kappa shape index (κ3) is 3.11. The van der Waals surface area contributed by atoms with E-state index in [1.807, 2.05) is 54.4 Å². The van der Waals surface area contributed by atoms with Crippen molar-refractivity contribution in [1.29, 1.82) is 0 Å². The van der Waals surface area contributed by atoms with Crippen LogP contribution in [0.3, 0.4) is 0 Å². The number of hydrogen-bond donors (Lipinski definition) is 1. The molecular formula is C18H15BrN6O. The molecule has 0 saturated carbocycles. The number of nitrogens with zero attached hydrogens (tertiary/aromatic N) is 5. The lowest BCUT2D eigenvalue weighted by molar-refractivity contribution is 0.837. The summed E-state index contributed by atoms with van der Waals surface area (Å²) in [6.07, 6.45) is 1.72. The van der Waals surface area contributed by atoms with Crippen LogP contribution in [0.5, 0.6) is 0 Å². The minimum Gasteiger partial charge on any atom is -0.367 e. The fourth-order valence-electron chi connectivity index (χ4n) is 2.72. The molecule has 0 amide bonds. The number of rotatable bonds is 4. The molecule has 7 nitrogen and oxygen atoms in total. The maximum absolute atomic E-state index is 12.4. The zero-order chi connectivity index (χ0) is 18.1. The minimum absolute atomic E-state index is 0.196. The summed E-state index contributed by atoms with van der Waals surface area (Å²) in [4.78, 5) is 27.6. The van der Waals surface area contributed by atoms with Gasteiger partial charge in [0.2, 0.25) is 0 Å². The van der Waals surface area contributed by atoms with Gasteiger partial charge < -0.3 is 4.90 Å². The molecule has 3 heterocycles. The summed E-state index contributed by atoms with van der Waals surface area (Å²) in [6.45, 7) is 0.462. The van der Waals surface area contributed by atoms with Crippen molar-refractivity contribution in [2.24, 2.45) is 0 Å². The van der Waals surface area contributed by atoms with Gasteiger partial charge in [-0.2, -0.15) is 9.50 Å². The normalized spacial score (nSPS) is 11.0. The Balaban J connectivity index is 1.69. The monoisotopic (exact) mass is 410 g/mol. The fraction of sp³-hybridized carbons (Fsp3) is 0.111. The zero-order valence-corrected chi connectivity index (χ0v) is 15.5. The van der Waals surface area contributed by atoms with E-state index in [1.54, 1.807) is 6.20 Å². The average Bonchev–Trinajstić information content (AvgIpc) is 3.07. The number of hydrogen-bond acceptors (Lipinski definition) is 5. The Hall–Kier alpha value is -3.00. The third-order valence-electron chi connectivity index (χ3n) is 3.98. The summed E-state index contributed by atoms with van der Waals surface area (Å²) in [6, 6.07) is 15.0. The van der Waals surface area contributed by atoms with E-state index in [1.165, 1.54) is 10.6 Å². The van der Waals surface area contributed by atoms with Crippen LogP contribution in [-0.2, 0) is 6.54 Å². The number of aromatic amines is 1. The highest BCUT2D eigenvalue weighted by atomic mass is 79.9. The van der Waals surface area contributed by atoms with Gasteiger partial charge in [0, 0.05) is 24.9 Å². The van der Waals surface area contributed by atoms with Gasteiger partial charge in [0.25, 0.3) is 11.3 Å². The highest BCUT2D eigenvalue weighted by Gasteiger charge is 2.12. The summed E-state index contributed by atoms with van der Waals surface area (Å²) < 4.78 is 2.10. The molecule has 130 valence electrons. The first-order chi connectivity index (χ1) is 12.6. The first-order valence-electron chi connectivity index (χ1n) is 7.97. The predicted octanol–water partition coefficient (Wildman–Crippen LogP) is 2.88. The van der Waals surface area contributed by atoms with E-state index in [0.29, 0.717) is 23.8 Å². The zero-order valence-electron chi connectivity index (χ0n) is 13.9. The van der Waals surface area contributed by atoms with Crippen molar-refractivity contribution in [2.75, 3.05) is 11.9 Å². The predicted molar refractivity (Wildman–Crippen MR) is 103 cm³/mol. The van der Waals surface area contributed by atoms with E-state index in [0.717, 1.165) is 15.9 Å². The van der Waals surface area contributed by atoms with Gasteiger partial charge in [-0.25, -0.2) is 9.97 Å². The molecule has 1 aromatic carbocycles. The van der Waals surface area contributed by atoms with Crippen LogP contribution in [-0.4, -0.2) is 31.6 Å². The van der Waals surface area contributed by atoms with Crippen LogP contribution in [0, 0.1) is 0 Å². The number of anilines is 1. The van der Waals surface area contributed by atoms with Crippen LogP contribution >= 0.6 is 15.9 Å². The van der Waals surface area contributed by atoms with Gasteiger partial charge in [-0.15, -0.1) is 0 Å². The minimum atomic E-state index is -0.196. The van der Waals surface area contributed by atoms with Crippen molar-refractivity contribution in [3.8, 4) is 11.4 Å². The summed E-state index contributed by atoms with van der Waals surface area (Å²) in [5, 5.41) is 3.00. The van der Waals surface area contributed by atoms with Crippen molar-refractivity contribution >= 4 is 27.4 Å². The number of fused-ring (bicyclic) bond motifs is 1. The van der Waals surface area contributed by atoms with Gasteiger partial charge in [-0.3, -0.25) is 9.89 Å². The molecule has 0 saturated heterocycles. The molecule has 26 heavy (non-hydrogen) atoms. The summed E-state index contributed by atoms with van der Waals surface area (Å²) in [5.74, 6) is 0.959. The number of pyridine rings is 1.